The van der Waals surface area contributed by atoms with Gasteiger partial charge in [-0.2, -0.15) is 0 Å². The zero-order valence-corrected chi connectivity index (χ0v) is 15.7. The lowest BCUT2D eigenvalue weighted by molar-refractivity contribution is -0.120. The maximum atomic E-state index is 12.3. The number of amides is 3. The van der Waals surface area contributed by atoms with E-state index in [1.807, 2.05) is 0 Å². The highest BCUT2D eigenvalue weighted by atomic mass is 35.5. The lowest BCUT2D eigenvalue weighted by Crippen LogP contribution is -2.36. The number of nitrogens with one attached hydrogen (secondary N) is 2. The second-order valence-electron chi connectivity index (χ2n) is 5.51. The summed E-state index contributed by atoms with van der Waals surface area (Å²) in [7, 11) is 0. The molecule has 3 amide bonds. The van der Waals surface area contributed by atoms with E-state index in [1.54, 1.807) is 36.4 Å². The minimum Gasteiger partial charge on any atom is -0.326 e. The van der Waals surface area contributed by atoms with Crippen molar-refractivity contribution in [3.8, 4) is 0 Å². The van der Waals surface area contributed by atoms with Crippen LogP contribution in [0.25, 0.3) is 0 Å². The monoisotopic (exact) mass is 393 g/mol. The Kier molecular flexibility index (Phi) is 6.60. The van der Waals surface area contributed by atoms with Crippen molar-refractivity contribution in [2.75, 3.05) is 22.1 Å². The van der Waals surface area contributed by atoms with Crippen molar-refractivity contribution in [1.29, 1.82) is 0 Å². The van der Waals surface area contributed by atoms with E-state index in [9.17, 15) is 14.4 Å². The van der Waals surface area contributed by atoms with Crippen molar-refractivity contribution in [2.45, 2.75) is 13.8 Å². The van der Waals surface area contributed by atoms with E-state index in [4.69, 9.17) is 23.2 Å². The van der Waals surface area contributed by atoms with Crippen LogP contribution in [0.3, 0.4) is 0 Å². The van der Waals surface area contributed by atoms with E-state index in [0.29, 0.717) is 27.1 Å². The summed E-state index contributed by atoms with van der Waals surface area (Å²) in [5.74, 6) is -0.923. The molecule has 0 radical (unpaired) electrons. The van der Waals surface area contributed by atoms with Crippen molar-refractivity contribution in [3.05, 3.63) is 52.5 Å². The molecule has 6 nitrogen and oxygen atoms in total. The summed E-state index contributed by atoms with van der Waals surface area (Å²) in [6.07, 6.45) is 0. The summed E-state index contributed by atoms with van der Waals surface area (Å²) in [5, 5.41) is 5.98. The maximum Gasteiger partial charge on any atom is 0.244 e. The molecule has 0 aromatic heterocycles. The van der Waals surface area contributed by atoms with Crippen molar-refractivity contribution < 1.29 is 14.4 Å². The van der Waals surface area contributed by atoms with Crippen LogP contribution in [0.4, 0.5) is 17.1 Å². The minimum atomic E-state index is -0.397. The van der Waals surface area contributed by atoms with Gasteiger partial charge in [-0.05, 0) is 36.4 Å². The smallest absolute Gasteiger partial charge is 0.244 e. The molecule has 0 saturated carbocycles. The maximum absolute atomic E-state index is 12.3. The molecule has 0 saturated heterocycles. The zero-order chi connectivity index (χ0) is 19.3. The molecule has 136 valence electrons. The first kappa shape index (κ1) is 19.8. The zero-order valence-electron chi connectivity index (χ0n) is 14.2. The van der Waals surface area contributed by atoms with Gasteiger partial charge in [-0.3, -0.25) is 14.4 Å². The molecule has 0 fully saturated rings. The lowest BCUT2D eigenvalue weighted by atomic mass is 10.2. The first-order valence-corrected chi connectivity index (χ1v) is 8.42. The molecule has 2 aromatic rings. The van der Waals surface area contributed by atoms with Gasteiger partial charge in [0.2, 0.25) is 17.7 Å². The first-order valence-electron chi connectivity index (χ1n) is 7.67. The highest BCUT2D eigenvalue weighted by molar-refractivity contribution is 6.42. The van der Waals surface area contributed by atoms with Gasteiger partial charge >= 0.3 is 0 Å². The normalized spacial score (nSPS) is 10.2. The van der Waals surface area contributed by atoms with E-state index in [0.717, 1.165) is 0 Å². The molecule has 8 heteroatoms. The van der Waals surface area contributed by atoms with Crippen LogP contribution in [0.5, 0.6) is 0 Å². The van der Waals surface area contributed by atoms with Crippen LogP contribution in [0.15, 0.2) is 42.5 Å². The number of carbonyl (C=O) groups excluding carboxylic acids is 3. The number of hydrogen-bond donors (Lipinski definition) is 2. The van der Waals surface area contributed by atoms with Gasteiger partial charge in [0.15, 0.2) is 0 Å². The number of rotatable bonds is 5. The molecule has 0 spiro atoms. The quantitative estimate of drug-likeness (QED) is 0.806. The molecule has 0 heterocycles. The molecule has 0 aliphatic rings. The summed E-state index contributed by atoms with van der Waals surface area (Å²) in [4.78, 5) is 36.7. The predicted octanol–water partition coefficient (Wildman–Crippen LogP) is 3.94. The van der Waals surface area contributed by atoms with Gasteiger partial charge in [-0.15, -0.1) is 0 Å². The Bertz CT molecular complexity index is 855. The minimum absolute atomic E-state index is 0.197. The van der Waals surface area contributed by atoms with Gasteiger partial charge in [-0.25, -0.2) is 0 Å². The van der Waals surface area contributed by atoms with Crippen molar-refractivity contribution in [1.82, 2.24) is 0 Å². The highest BCUT2D eigenvalue weighted by Gasteiger charge is 2.17. The third kappa shape index (κ3) is 5.47. The molecule has 0 bridgehead atoms. The van der Waals surface area contributed by atoms with E-state index >= 15 is 0 Å². The van der Waals surface area contributed by atoms with Crippen LogP contribution in [0, 0.1) is 0 Å². The fourth-order valence-electron chi connectivity index (χ4n) is 2.26. The molecule has 26 heavy (non-hydrogen) atoms. The van der Waals surface area contributed by atoms with Crippen LogP contribution in [0.2, 0.25) is 10.0 Å². The SMILES string of the molecule is CC(=O)Nc1cccc(NC(=O)CN(C(C)=O)c2ccc(Cl)c(Cl)c2)c1. The third-order valence-electron chi connectivity index (χ3n) is 3.36. The Hall–Kier alpha value is -2.57. The average molecular weight is 394 g/mol. The van der Waals surface area contributed by atoms with E-state index in [-0.39, 0.29) is 18.4 Å². The number of nitrogens with zero attached hydrogens (tertiary/aromatic N) is 1. The molecule has 2 aromatic carbocycles. The molecule has 0 aliphatic heterocycles. The van der Waals surface area contributed by atoms with Crippen LogP contribution in [0.1, 0.15) is 13.8 Å². The molecule has 2 N–H and O–H groups in total. The van der Waals surface area contributed by atoms with Gasteiger partial charge in [0.25, 0.3) is 0 Å². The average Bonchev–Trinajstić information content (AvgIpc) is 2.55. The van der Waals surface area contributed by atoms with Crippen LogP contribution in [-0.4, -0.2) is 24.3 Å². The number of benzene rings is 2. The predicted molar refractivity (Wildman–Crippen MR) is 104 cm³/mol. The Balaban J connectivity index is 2.12. The molecule has 0 unspecified atom stereocenters. The fraction of sp³-hybridized carbons (Fsp3) is 0.167. The Morgan fingerprint density at radius 2 is 1.58 bits per heavy atom. The molecular weight excluding hydrogens is 377 g/mol. The Morgan fingerprint density at radius 1 is 0.923 bits per heavy atom. The number of carbonyl (C=O) groups is 3. The lowest BCUT2D eigenvalue weighted by Gasteiger charge is -2.21. The Morgan fingerprint density at radius 3 is 2.15 bits per heavy atom. The number of hydrogen-bond acceptors (Lipinski definition) is 3. The molecule has 0 aliphatic carbocycles. The summed E-state index contributed by atoms with van der Waals surface area (Å²) in [5.41, 5.74) is 1.52. The van der Waals surface area contributed by atoms with Gasteiger partial charge in [0.1, 0.15) is 6.54 Å². The van der Waals surface area contributed by atoms with Crippen LogP contribution in [-0.2, 0) is 14.4 Å². The van der Waals surface area contributed by atoms with Gasteiger partial charge in [0.05, 0.1) is 10.0 Å². The topological polar surface area (TPSA) is 78.5 Å². The first-order chi connectivity index (χ1) is 12.3. The highest BCUT2D eigenvalue weighted by Crippen LogP contribution is 2.27. The largest absolute Gasteiger partial charge is 0.326 e. The molecule has 2 rings (SSSR count). The van der Waals surface area contributed by atoms with E-state index in [2.05, 4.69) is 10.6 Å². The second-order valence-corrected chi connectivity index (χ2v) is 6.33. The summed E-state index contributed by atoms with van der Waals surface area (Å²) < 4.78 is 0. The van der Waals surface area contributed by atoms with E-state index < -0.39 is 5.91 Å². The van der Waals surface area contributed by atoms with Gasteiger partial charge in [0, 0.05) is 30.9 Å². The molecular formula is C18H17Cl2N3O3. The van der Waals surface area contributed by atoms with Crippen molar-refractivity contribution in [2.24, 2.45) is 0 Å². The Labute approximate surface area is 161 Å². The summed E-state index contributed by atoms with van der Waals surface area (Å²) in [6, 6.07) is 11.4. The van der Waals surface area contributed by atoms with Crippen LogP contribution >= 0.6 is 23.2 Å². The fourth-order valence-corrected chi connectivity index (χ4v) is 2.55. The third-order valence-corrected chi connectivity index (χ3v) is 4.10. The van der Waals surface area contributed by atoms with Gasteiger partial charge in [-0.1, -0.05) is 29.3 Å². The standard InChI is InChI=1S/C18H17Cl2N3O3/c1-11(24)21-13-4-3-5-14(8-13)22-18(26)10-23(12(2)25)15-6-7-16(19)17(20)9-15/h3-9H,10H2,1-2H3,(H,21,24)(H,22,26). The van der Waals surface area contributed by atoms with Crippen LogP contribution < -0.4 is 15.5 Å². The summed E-state index contributed by atoms with van der Waals surface area (Å²) >= 11 is 11.9. The van der Waals surface area contributed by atoms with Gasteiger partial charge < -0.3 is 15.5 Å². The summed E-state index contributed by atoms with van der Waals surface area (Å²) in [6.45, 7) is 2.55. The second kappa shape index (κ2) is 8.69. The number of anilines is 3. The van der Waals surface area contributed by atoms with E-state index in [1.165, 1.54) is 24.8 Å². The van der Waals surface area contributed by atoms with Crippen molar-refractivity contribution in [3.63, 3.8) is 0 Å². The molecule has 0 atom stereocenters. The van der Waals surface area contributed by atoms with Crippen molar-refractivity contribution >= 4 is 58.0 Å². The number of halogens is 2.